The lowest BCUT2D eigenvalue weighted by atomic mass is 9.95. The van der Waals surface area contributed by atoms with E-state index >= 15 is 0 Å². The Kier molecular flexibility index (Phi) is 10.6. The van der Waals surface area contributed by atoms with Crippen molar-refractivity contribution in [3.8, 4) is 28.7 Å². The van der Waals surface area contributed by atoms with Gasteiger partial charge in [0.25, 0.3) is 11.2 Å². The van der Waals surface area contributed by atoms with Gasteiger partial charge in [0, 0.05) is 6.07 Å². The maximum Gasteiger partial charge on any atom is 0.338 e. The van der Waals surface area contributed by atoms with E-state index in [0.29, 0.717) is 50.9 Å². The van der Waals surface area contributed by atoms with Gasteiger partial charge in [-0.1, -0.05) is 23.5 Å². The number of ether oxygens (including phenoxy) is 5. The number of non-ortho nitro benzene ring substituents is 1. The molecule has 1 aromatic heterocycles. The van der Waals surface area contributed by atoms with Gasteiger partial charge in [-0.3, -0.25) is 29.6 Å². The van der Waals surface area contributed by atoms with E-state index in [1.165, 1.54) is 17.7 Å². The quantitative estimate of drug-likeness (QED) is 0.101. The number of aromatic nitrogens is 1. The predicted molar refractivity (Wildman–Crippen MR) is 182 cm³/mol. The molecule has 0 unspecified atom stereocenters. The number of nitro groups is 2. The number of benzene rings is 3. The molecule has 16 heteroatoms. The molecule has 0 spiro atoms. The van der Waals surface area contributed by atoms with Crippen LogP contribution in [0.5, 0.6) is 28.7 Å². The van der Waals surface area contributed by atoms with E-state index in [1.807, 2.05) is 13.8 Å². The van der Waals surface area contributed by atoms with Crippen LogP contribution < -0.4 is 33.8 Å². The van der Waals surface area contributed by atoms with Crippen LogP contribution in [0.15, 0.2) is 75.7 Å². The van der Waals surface area contributed by atoms with Gasteiger partial charge in [-0.25, -0.2) is 9.79 Å². The van der Waals surface area contributed by atoms with E-state index in [-0.39, 0.29) is 29.4 Å². The van der Waals surface area contributed by atoms with Crippen LogP contribution in [0.2, 0.25) is 0 Å². The maximum absolute atomic E-state index is 14.1. The minimum atomic E-state index is -0.884. The zero-order valence-electron chi connectivity index (χ0n) is 27.7. The fourth-order valence-electron chi connectivity index (χ4n) is 5.32. The number of esters is 1. The van der Waals surface area contributed by atoms with Crippen LogP contribution in [0, 0.1) is 20.2 Å². The minimum Gasteiger partial charge on any atom is -0.493 e. The van der Waals surface area contributed by atoms with Gasteiger partial charge in [0.15, 0.2) is 27.8 Å². The molecule has 0 bridgehead atoms. The fraction of sp³-hybridized carbons (Fsp3) is 0.265. The second-order valence-corrected chi connectivity index (χ2v) is 11.6. The summed E-state index contributed by atoms with van der Waals surface area (Å²) in [5, 5.41) is 22.7. The first kappa shape index (κ1) is 35.3. The van der Waals surface area contributed by atoms with E-state index in [2.05, 4.69) is 4.99 Å². The number of methoxy groups -OCH3 is 1. The number of carbonyl (C=O) groups is 1. The Morgan fingerprint density at radius 1 is 0.900 bits per heavy atom. The Balaban J connectivity index is 1.60. The number of thiazole rings is 1. The third kappa shape index (κ3) is 7.05. The van der Waals surface area contributed by atoms with Gasteiger partial charge in [-0.05, 0) is 75.2 Å². The van der Waals surface area contributed by atoms with Gasteiger partial charge in [-0.2, -0.15) is 0 Å². The third-order valence-electron chi connectivity index (χ3n) is 7.46. The summed E-state index contributed by atoms with van der Waals surface area (Å²) in [6.07, 6.45) is 1.62. The van der Waals surface area contributed by atoms with Crippen LogP contribution in [0.4, 0.5) is 11.4 Å². The SMILES string of the molecule is CCOC(=O)C1=C(C)N=c2s/c(=C\c3ccc(Oc4ccc([N+](=O)[O-])cc4[N+](=O)[O-])c(OC)c3)c(=O)n2[C@H]1c1ccc(OCC)c(OCC)c1. The van der Waals surface area contributed by atoms with Crippen LogP contribution in [-0.2, 0) is 9.53 Å². The summed E-state index contributed by atoms with van der Waals surface area (Å²) >= 11 is 1.12. The largest absolute Gasteiger partial charge is 0.493 e. The molecule has 0 saturated heterocycles. The summed E-state index contributed by atoms with van der Waals surface area (Å²) in [5.74, 6) is 0.422. The number of carbonyl (C=O) groups excluding carboxylic acids is 1. The topological polar surface area (TPSA) is 184 Å². The first-order valence-electron chi connectivity index (χ1n) is 15.4. The molecule has 0 fully saturated rings. The summed E-state index contributed by atoms with van der Waals surface area (Å²) in [5.41, 5.74) is 0.246. The monoisotopic (exact) mass is 704 g/mol. The lowest BCUT2D eigenvalue weighted by molar-refractivity contribution is -0.394. The van der Waals surface area contributed by atoms with Crippen LogP contribution in [0.1, 0.15) is 44.9 Å². The average molecular weight is 705 g/mol. The second-order valence-electron chi connectivity index (χ2n) is 10.6. The maximum atomic E-state index is 14.1. The van der Waals surface area contributed by atoms with E-state index in [4.69, 9.17) is 23.7 Å². The van der Waals surface area contributed by atoms with Gasteiger partial charge in [0.2, 0.25) is 5.75 Å². The molecular formula is C34H32N4O11S. The highest BCUT2D eigenvalue weighted by molar-refractivity contribution is 7.07. The summed E-state index contributed by atoms with van der Waals surface area (Å²) in [4.78, 5) is 53.7. The van der Waals surface area contributed by atoms with Gasteiger partial charge >= 0.3 is 11.7 Å². The van der Waals surface area contributed by atoms with Gasteiger partial charge in [-0.15, -0.1) is 0 Å². The molecule has 2 heterocycles. The normalized spacial score (nSPS) is 14.0. The Bertz CT molecular complexity index is 2210. The molecule has 1 aliphatic rings. The lowest BCUT2D eigenvalue weighted by Gasteiger charge is -2.25. The van der Waals surface area contributed by atoms with E-state index in [0.717, 1.165) is 29.5 Å². The standard InChI is InChI=1S/C34H32N4O11S/c1-6-46-25-13-10-21(17-28(25)47-7-2)31-30(33(40)48-8-3)19(4)35-34-36(31)32(39)29(50-34)16-20-9-12-26(27(15-20)45-5)49-24-14-11-22(37(41)42)18-23(24)38(43)44/h9-18,31H,6-8H2,1-5H3/b29-16-/t31-/m0/s1. The molecule has 5 rings (SSSR count). The highest BCUT2D eigenvalue weighted by Gasteiger charge is 2.34. The summed E-state index contributed by atoms with van der Waals surface area (Å²) < 4.78 is 29.9. The summed E-state index contributed by atoms with van der Waals surface area (Å²) in [6, 6.07) is 12.1. The molecule has 0 amide bonds. The number of nitrogens with zero attached hydrogens (tertiary/aromatic N) is 4. The highest BCUT2D eigenvalue weighted by Crippen LogP contribution is 2.39. The molecule has 260 valence electrons. The summed E-state index contributed by atoms with van der Waals surface area (Å²) in [6.45, 7) is 7.98. The van der Waals surface area contributed by atoms with Crippen molar-refractivity contribution in [3.05, 3.63) is 117 Å². The Hall–Kier alpha value is -6.03. The molecular weight excluding hydrogens is 672 g/mol. The smallest absolute Gasteiger partial charge is 0.338 e. The van der Waals surface area contributed by atoms with E-state index in [1.54, 1.807) is 50.3 Å². The van der Waals surface area contributed by atoms with Gasteiger partial charge in [0.05, 0.1) is 64.7 Å². The van der Waals surface area contributed by atoms with Crippen molar-refractivity contribution < 1.29 is 38.3 Å². The zero-order chi connectivity index (χ0) is 36.1. The third-order valence-corrected chi connectivity index (χ3v) is 8.44. The molecule has 4 aromatic rings. The average Bonchev–Trinajstić information content (AvgIpc) is 3.39. The second kappa shape index (κ2) is 15.0. The van der Waals surface area contributed by atoms with E-state index < -0.39 is 38.8 Å². The van der Waals surface area contributed by atoms with Crippen molar-refractivity contribution in [3.63, 3.8) is 0 Å². The number of rotatable bonds is 13. The first-order chi connectivity index (χ1) is 24.0. The molecule has 0 saturated carbocycles. The van der Waals surface area contributed by atoms with Crippen molar-refractivity contribution >= 4 is 34.8 Å². The van der Waals surface area contributed by atoms with E-state index in [9.17, 15) is 29.8 Å². The number of hydrogen-bond donors (Lipinski definition) is 0. The Morgan fingerprint density at radius 3 is 2.26 bits per heavy atom. The molecule has 1 aliphatic heterocycles. The molecule has 0 radical (unpaired) electrons. The molecule has 1 atom stereocenters. The van der Waals surface area contributed by atoms with Crippen LogP contribution in [-0.4, -0.2) is 47.3 Å². The first-order valence-corrected chi connectivity index (χ1v) is 16.2. The molecule has 0 aliphatic carbocycles. The predicted octanol–water partition coefficient (Wildman–Crippen LogP) is 5.21. The van der Waals surface area contributed by atoms with Crippen molar-refractivity contribution in [1.82, 2.24) is 4.57 Å². The van der Waals surface area contributed by atoms with Crippen LogP contribution in [0.3, 0.4) is 0 Å². The van der Waals surface area contributed by atoms with Gasteiger partial charge < -0.3 is 23.7 Å². The lowest BCUT2D eigenvalue weighted by Crippen LogP contribution is -2.40. The number of fused-ring (bicyclic) bond motifs is 1. The van der Waals surface area contributed by atoms with Crippen molar-refractivity contribution in [2.24, 2.45) is 4.99 Å². The number of hydrogen-bond acceptors (Lipinski definition) is 13. The summed E-state index contributed by atoms with van der Waals surface area (Å²) in [7, 11) is 1.37. The van der Waals surface area contributed by atoms with Gasteiger partial charge in [0.1, 0.15) is 0 Å². The Labute approximate surface area is 288 Å². The van der Waals surface area contributed by atoms with Crippen molar-refractivity contribution in [1.29, 1.82) is 0 Å². The molecule has 3 aromatic carbocycles. The van der Waals surface area contributed by atoms with Crippen LogP contribution in [0.25, 0.3) is 6.08 Å². The van der Waals surface area contributed by atoms with Crippen LogP contribution >= 0.6 is 11.3 Å². The Morgan fingerprint density at radius 2 is 1.60 bits per heavy atom. The van der Waals surface area contributed by atoms with Crippen molar-refractivity contribution in [2.45, 2.75) is 33.7 Å². The molecule has 0 N–H and O–H groups in total. The number of nitro benzene ring substituents is 2. The van der Waals surface area contributed by atoms with Crippen molar-refractivity contribution in [2.75, 3.05) is 26.9 Å². The zero-order valence-corrected chi connectivity index (χ0v) is 28.5. The molecule has 50 heavy (non-hydrogen) atoms. The highest BCUT2D eigenvalue weighted by atomic mass is 32.1. The molecule has 15 nitrogen and oxygen atoms in total. The minimum absolute atomic E-state index is 0.0957. The number of allylic oxidation sites excluding steroid dienone is 1. The fourth-order valence-corrected chi connectivity index (χ4v) is 6.37.